The molecule has 50 valence electrons. The number of rotatable bonds is 0. The van der Waals surface area contributed by atoms with E-state index in [-0.39, 0.29) is 0 Å². The molecule has 0 radical (unpaired) electrons. The second kappa shape index (κ2) is 2.12. The molecule has 0 bridgehead atoms. The molecular weight excluding hydrogens is 112 g/mol. The Morgan fingerprint density at radius 1 is 1.56 bits per heavy atom. The molecule has 0 amide bonds. The first-order chi connectivity index (χ1) is 4.47. The highest BCUT2D eigenvalue weighted by Gasteiger charge is 2.21. The molecule has 2 aliphatic heterocycles. The quantitative estimate of drug-likeness (QED) is 0.463. The SMILES string of the molecule is C1=CC2NCCCN2C1. The molecule has 1 unspecified atom stereocenters. The molecule has 1 N–H and O–H groups in total. The lowest BCUT2D eigenvalue weighted by molar-refractivity contribution is 0.198. The molecule has 1 atom stereocenters. The minimum Gasteiger partial charge on any atom is -0.298 e. The van der Waals surface area contributed by atoms with Gasteiger partial charge in [-0.05, 0) is 13.0 Å². The number of fused-ring (bicyclic) bond motifs is 1. The van der Waals surface area contributed by atoms with Gasteiger partial charge < -0.3 is 0 Å². The first-order valence-corrected chi connectivity index (χ1v) is 3.61. The van der Waals surface area contributed by atoms with Gasteiger partial charge in [-0.3, -0.25) is 10.2 Å². The van der Waals surface area contributed by atoms with E-state index in [4.69, 9.17) is 0 Å². The second-order valence-corrected chi connectivity index (χ2v) is 2.68. The normalized spacial score (nSPS) is 34.9. The monoisotopic (exact) mass is 124 g/mol. The molecule has 1 saturated heterocycles. The average molecular weight is 124 g/mol. The molecule has 2 rings (SSSR count). The number of nitrogens with one attached hydrogen (secondary N) is 1. The summed E-state index contributed by atoms with van der Waals surface area (Å²) in [5.41, 5.74) is 0. The van der Waals surface area contributed by atoms with Crippen molar-refractivity contribution in [3.8, 4) is 0 Å². The van der Waals surface area contributed by atoms with Gasteiger partial charge in [0.05, 0.1) is 6.17 Å². The molecule has 2 aliphatic rings. The molecule has 0 spiro atoms. The van der Waals surface area contributed by atoms with E-state index in [1.165, 1.54) is 19.5 Å². The maximum absolute atomic E-state index is 3.42. The minimum atomic E-state index is 0.568. The predicted octanol–water partition coefficient (Wildman–Crippen LogP) is 0.178. The summed E-state index contributed by atoms with van der Waals surface area (Å²) in [5, 5.41) is 3.42. The van der Waals surface area contributed by atoms with Crippen molar-refractivity contribution in [1.82, 2.24) is 10.2 Å². The third kappa shape index (κ3) is 0.884. The van der Waals surface area contributed by atoms with Crippen molar-refractivity contribution in [2.45, 2.75) is 12.6 Å². The number of hydrogen-bond acceptors (Lipinski definition) is 2. The summed E-state index contributed by atoms with van der Waals surface area (Å²) in [7, 11) is 0. The Kier molecular flexibility index (Phi) is 1.28. The van der Waals surface area contributed by atoms with Crippen LogP contribution >= 0.6 is 0 Å². The third-order valence-electron chi connectivity index (χ3n) is 2.03. The van der Waals surface area contributed by atoms with Gasteiger partial charge in [0, 0.05) is 13.1 Å². The molecule has 2 heteroatoms. The third-order valence-corrected chi connectivity index (χ3v) is 2.03. The van der Waals surface area contributed by atoms with Gasteiger partial charge >= 0.3 is 0 Å². The fraction of sp³-hybridized carbons (Fsp3) is 0.714. The first kappa shape index (κ1) is 5.45. The zero-order valence-corrected chi connectivity index (χ0v) is 5.51. The molecule has 2 heterocycles. The van der Waals surface area contributed by atoms with E-state index in [9.17, 15) is 0 Å². The van der Waals surface area contributed by atoms with Crippen LogP contribution in [0.4, 0.5) is 0 Å². The predicted molar refractivity (Wildman–Crippen MR) is 37.1 cm³/mol. The van der Waals surface area contributed by atoms with E-state index in [0.29, 0.717) is 6.17 Å². The van der Waals surface area contributed by atoms with Crippen LogP contribution in [0.5, 0.6) is 0 Å². The van der Waals surface area contributed by atoms with Gasteiger partial charge in [0.15, 0.2) is 0 Å². The Labute approximate surface area is 55.5 Å². The van der Waals surface area contributed by atoms with E-state index < -0.39 is 0 Å². The summed E-state index contributed by atoms with van der Waals surface area (Å²) in [4.78, 5) is 2.45. The molecule has 0 aromatic heterocycles. The standard InChI is InChI=1S/C7H12N2/c1-3-7-8-4-2-6-9(7)5-1/h1,3,7-8H,2,4-6H2. The lowest BCUT2D eigenvalue weighted by atomic mass is 10.3. The van der Waals surface area contributed by atoms with Crippen molar-refractivity contribution in [2.24, 2.45) is 0 Å². The largest absolute Gasteiger partial charge is 0.298 e. The fourth-order valence-electron chi connectivity index (χ4n) is 1.52. The van der Waals surface area contributed by atoms with Crippen LogP contribution in [0.1, 0.15) is 6.42 Å². The van der Waals surface area contributed by atoms with Gasteiger partial charge in [-0.25, -0.2) is 0 Å². The van der Waals surface area contributed by atoms with E-state index in [0.717, 1.165) is 6.54 Å². The maximum atomic E-state index is 3.42. The van der Waals surface area contributed by atoms with Gasteiger partial charge in [-0.15, -0.1) is 0 Å². The highest BCUT2D eigenvalue weighted by Crippen LogP contribution is 2.10. The molecular formula is C7H12N2. The van der Waals surface area contributed by atoms with Crippen LogP contribution in [0, 0.1) is 0 Å². The highest BCUT2D eigenvalue weighted by atomic mass is 15.3. The van der Waals surface area contributed by atoms with Crippen LogP contribution in [0.15, 0.2) is 12.2 Å². The van der Waals surface area contributed by atoms with Crippen LogP contribution in [0.25, 0.3) is 0 Å². The Balaban J connectivity index is 2.03. The lowest BCUT2D eigenvalue weighted by Gasteiger charge is -2.29. The van der Waals surface area contributed by atoms with Crippen LogP contribution in [0.3, 0.4) is 0 Å². The van der Waals surface area contributed by atoms with Gasteiger partial charge in [-0.2, -0.15) is 0 Å². The minimum absolute atomic E-state index is 0.568. The molecule has 2 nitrogen and oxygen atoms in total. The number of nitrogens with zero attached hydrogens (tertiary/aromatic N) is 1. The molecule has 0 saturated carbocycles. The second-order valence-electron chi connectivity index (χ2n) is 2.68. The first-order valence-electron chi connectivity index (χ1n) is 3.61. The van der Waals surface area contributed by atoms with Gasteiger partial charge in [0.1, 0.15) is 0 Å². The topological polar surface area (TPSA) is 15.3 Å². The summed E-state index contributed by atoms with van der Waals surface area (Å²) in [5.74, 6) is 0. The summed E-state index contributed by atoms with van der Waals surface area (Å²) in [6.07, 6.45) is 6.36. The zero-order valence-electron chi connectivity index (χ0n) is 5.51. The summed E-state index contributed by atoms with van der Waals surface area (Å²) >= 11 is 0. The zero-order chi connectivity index (χ0) is 6.10. The van der Waals surface area contributed by atoms with Gasteiger partial charge in [-0.1, -0.05) is 12.2 Å². The molecule has 0 aliphatic carbocycles. The lowest BCUT2D eigenvalue weighted by Crippen LogP contribution is -2.47. The summed E-state index contributed by atoms with van der Waals surface area (Å²) in [6.45, 7) is 3.61. The van der Waals surface area contributed by atoms with Crippen LogP contribution < -0.4 is 5.32 Å². The molecule has 9 heavy (non-hydrogen) atoms. The highest BCUT2D eigenvalue weighted by molar-refractivity contribution is 5.03. The molecule has 0 aromatic rings. The Morgan fingerprint density at radius 3 is 3.44 bits per heavy atom. The Bertz CT molecular complexity index is 131. The van der Waals surface area contributed by atoms with Crippen molar-refractivity contribution in [1.29, 1.82) is 0 Å². The summed E-state index contributed by atoms with van der Waals surface area (Å²) in [6, 6.07) is 0. The fourth-order valence-corrected chi connectivity index (χ4v) is 1.52. The average Bonchev–Trinajstić information content (AvgIpc) is 2.33. The van der Waals surface area contributed by atoms with Gasteiger partial charge in [0.2, 0.25) is 0 Å². The Hall–Kier alpha value is -0.340. The van der Waals surface area contributed by atoms with Crippen molar-refractivity contribution < 1.29 is 0 Å². The van der Waals surface area contributed by atoms with Crippen LogP contribution in [-0.4, -0.2) is 30.7 Å². The molecule has 1 fully saturated rings. The van der Waals surface area contributed by atoms with Crippen molar-refractivity contribution in [2.75, 3.05) is 19.6 Å². The van der Waals surface area contributed by atoms with Crippen LogP contribution in [0.2, 0.25) is 0 Å². The maximum Gasteiger partial charge on any atom is 0.0792 e. The smallest absolute Gasteiger partial charge is 0.0792 e. The Morgan fingerprint density at radius 2 is 2.56 bits per heavy atom. The van der Waals surface area contributed by atoms with Gasteiger partial charge in [0.25, 0.3) is 0 Å². The van der Waals surface area contributed by atoms with E-state index in [2.05, 4.69) is 22.4 Å². The molecule has 0 aromatic carbocycles. The number of hydrogen-bond donors (Lipinski definition) is 1. The van der Waals surface area contributed by atoms with Crippen molar-refractivity contribution >= 4 is 0 Å². The summed E-state index contributed by atoms with van der Waals surface area (Å²) < 4.78 is 0. The van der Waals surface area contributed by atoms with E-state index >= 15 is 0 Å². The van der Waals surface area contributed by atoms with Crippen molar-refractivity contribution in [3.63, 3.8) is 0 Å². The van der Waals surface area contributed by atoms with Crippen LogP contribution in [-0.2, 0) is 0 Å². The van der Waals surface area contributed by atoms with E-state index in [1.54, 1.807) is 0 Å². The van der Waals surface area contributed by atoms with Crippen molar-refractivity contribution in [3.05, 3.63) is 12.2 Å². The van der Waals surface area contributed by atoms with E-state index in [1.807, 2.05) is 0 Å².